The molecule has 0 saturated carbocycles. The van der Waals surface area contributed by atoms with Crippen LogP contribution >= 0.6 is 15.9 Å². The minimum Gasteiger partial charge on any atom is -0.237 e. The highest BCUT2D eigenvalue weighted by Crippen LogP contribution is 2.15. The van der Waals surface area contributed by atoms with E-state index in [0.717, 1.165) is 21.4 Å². The number of aromatic nitrogens is 3. The summed E-state index contributed by atoms with van der Waals surface area (Å²) in [5.74, 6) is 0. The zero-order chi connectivity index (χ0) is 12.3. The van der Waals surface area contributed by atoms with Gasteiger partial charge in [-0.2, -0.15) is 5.10 Å². The number of allylic oxidation sites excluding steroid dienone is 5. The lowest BCUT2D eigenvalue weighted by Gasteiger charge is -1.92. The van der Waals surface area contributed by atoms with E-state index in [1.54, 1.807) is 16.8 Å². The molecule has 0 N–H and O–H groups in total. The van der Waals surface area contributed by atoms with Gasteiger partial charge in [0.1, 0.15) is 0 Å². The third-order valence-corrected chi connectivity index (χ3v) is 2.92. The molecule has 0 aliphatic carbocycles. The number of hydrogen-bond donors (Lipinski definition) is 0. The van der Waals surface area contributed by atoms with Crippen molar-refractivity contribution >= 4 is 27.2 Å². The first-order valence-electron chi connectivity index (χ1n) is 5.18. The van der Waals surface area contributed by atoms with Crippen LogP contribution in [-0.2, 0) is 0 Å². The molecule has 0 aliphatic heterocycles. The van der Waals surface area contributed by atoms with Crippen LogP contribution in [0.25, 0.3) is 11.2 Å². The van der Waals surface area contributed by atoms with E-state index in [1.165, 1.54) is 0 Å². The molecular weight excluding hydrogens is 278 g/mol. The molecule has 2 aromatic rings. The first-order chi connectivity index (χ1) is 8.20. The third-order valence-electron chi connectivity index (χ3n) is 2.33. The van der Waals surface area contributed by atoms with Gasteiger partial charge in [-0.15, -0.1) is 0 Å². The van der Waals surface area contributed by atoms with Gasteiger partial charge in [0.15, 0.2) is 5.65 Å². The van der Waals surface area contributed by atoms with Gasteiger partial charge in [0.2, 0.25) is 0 Å². The van der Waals surface area contributed by atoms with E-state index in [1.807, 2.05) is 37.4 Å². The number of fused-ring (bicyclic) bond motifs is 1. The molecule has 0 amide bonds. The largest absolute Gasteiger partial charge is 0.237 e. The Labute approximate surface area is 108 Å². The maximum atomic E-state index is 4.43. The van der Waals surface area contributed by atoms with Gasteiger partial charge in [-0.25, -0.2) is 9.50 Å². The number of halogens is 1. The van der Waals surface area contributed by atoms with Crippen molar-refractivity contribution in [3.05, 3.63) is 59.5 Å². The average molecular weight is 290 g/mol. The predicted octanol–water partition coefficient (Wildman–Crippen LogP) is 3.60. The van der Waals surface area contributed by atoms with Crippen molar-refractivity contribution in [2.24, 2.45) is 0 Å². The second-order valence-electron chi connectivity index (χ2n) is 3.56. The van der Waals surface area contributed by atoms with Gasteiger partial charge in [0.05, 0.1) is 5.69 Å². The van der Waals surface area contributed by atoms with Gasteiger partial charge in [0.25, 0.3) is 0 Å². The SMILES string of the molecule is C=C/C(Br)=C\C=C(/C)c1cc2ncccn2n1. The van der Waals surface area contributed by atoms with Crippen LogP contribution in [0.3, 0.4) is 0 Å². The predicted molar refractivity (Wildman–Crippen MR) is 73.8 cm³/mol. The summed E-state index contributed by atoms with van der Waals surface area (Å²) in [6.07, 6.45) is 9.32. The van der Waals surface area contributed by atoms with Crippen molar-refractivity contribution in [2.45, 2.75) is 6.92 Å². The topological polar surface area (TPSA) is 30.2 Å². The van der Waals surface area contributed by atoms with Crippen LogP contribution in [0.4, 0.5) is 0 Å². The number of nitrogens with zero attached hydrogens (tertiary/aromatic N) is 3. The van der Waals surface area contributed by atoms with Crippen molar-refractivity contribution in [2.75, 3.05) is 0 Å². The summed E-state index contributed by atoms with van der Waals surface area (Å²) in [6.45, 7) is 5.69. The molecule has 0 unspecified atom stereocenters. The Morgan fingerprint density at radius 1 is 1.47 bits per heavy atom. The van der Waals surface area contributed by atoms with E-state index in [0.29, 0.717) is 0 Å². The van der Waals surface area contributed by atoms with Gasteiger partial charge in [-0.05, 0) is 24.6 Å². The minimum atomic E-state index is 0.849. The van der Waals surface area contributed by atoms with E-state index >= 15 is 0 Å². The lowest BCUT2D eigenvalue weighted by Crippen LogP contribution is -1.87. The van der Waals surface area contributed by atoms with Crippen molar-refractivity contribution < 1.29 is 0 Å². The van der Waals surface area contributed by atoms with Crippen LogP contribution in [0.2, 0.25) is 0 Å². The van der Waals surface area contributed by atoms with Crippen molar-refractivity contribution in [1.29, 1.82) is 0 Å². The summed E-state index contributed by atoms with van der Waals surface area (Å²) in [5, 5.41) is 4.43. The summed E-state index contributed by atoms with van der Waals surface area (Å²) >= 11 is 3.37. The quantitative estimate of drug-likeness (QED) is 0.808. The summed E-state index contributed by atoms with van der Waals surface area (Å²) in [6, 6.07) is 3.82. The van der Waals surface area contributed by atoms with Crippen LogP contribution in [-0.4, -0.2) is 14.6 Å². The van der Waals surface area contributed by atoms with Crippen LogP contribution < -0.4 is 0 Å². The third kappa shape index (κ3) is 2.71. The number of rotatable bonds is 3. The number of hydrogen-bond acceptors (Lipinski definition) is 2. The lowest BCUT2D eigenvalue weighted by atomic mass is 10.2. The second kappa shape index (κ2) is 5.10. The van der Waals surface area contributed by atoms with Gasteiger partial charge in [-0.3, -0.25) is 0 Å². The highest BCUT2D eigenvalue weighted by atomic mass is 79.9. The molecule has 0 radical (unpaired) electrons. The van der Waals surface area contributed by atoms with Gasteiger partial charge >= 0.3 is 0 Å². The van der Waals surface area contributed by atoms with E-state index < -0.39 is 0 Å². The van der Waals surface area contributed by atoms with Crippen LogP contribution in [0, 0.1) is 0 Å². The normalized spacial score (nSPS) is 13.1. The van der Waals surface area contributed by atoms with Gasteiger partial charge < -0.3 is 0 Å². The molecule has 4 heteroatoms. The molecule has 0 bridgehead atoms. The summed E-state index contributed by atoms with van der Waals surface area (Å²) in [5.41, 5.74) is 2.85. The Balaban J connectivity index is 2.36. The smallest absolute Gasteiger partial charge is 0.155 e. The molecular formula is C13H12BrN3. The fraction of sp³-hybridized carbons (Fsp3) is 0.0769. The zero-order valence-electron chi connectivity index (χ0n) is 9.47. The Morgan fingerprint density at radius 3 is 3.00 bits per heavy atom. The highest BCUT2D eigenvalue weighted by Gasteiger charge is 2.02. The van der Waals surface area contributed by atoms with Crippen molar-refractivity contribution in [3.63, 3.8) is 0 Å². The molecule has 17 heavy (non-hydrogen) atoms. The summed E-state index contributed by atoms with van der Waals surface area (Å²) in [4.78, 5) is 4.23. The fourth-order valence-corrected chi connectivity index (χ4v) is 1.51. The Morgan fingerprint density at radius 2 is 2.29 bits per heavy atom. The molecule has 3 nitrogen and oxygen atoms in total. The monoisotopic (exact) mass is 289 g/mol. The van der Waals surface area contributed by atoms with Crippen molar-refractivity contribution in [1.82, 2.24) is 14.6 Å². The van der Waals surface area contributed by atoms with Crippen LogP contribution in [0.1, 0.15) is 12.6 Å². The zero-order valence-corrected chi connectivity index (χ0v) is 11.1. The molecule has 0 atom stereocenters. The van der Waals surface area contributed by atoms with Crippen LogP contribution in [0.5, 0.6) is 0 Å². The minimum absolute atomic E-state index is 0.849. The van der Waals surface area contributed by atoms with E-state index in [2.05, 4.69) is 32.6 Å². The van der Waals surface area contributed by atoms with Crippen molar-refractivity contribution in [3.8, 4) is 0 Å². The van der Waals surface area contributed by atoms with Gasteiger partial charge in [0, 0.05) is 22.9 Å². The molecule has 0 spiro atoms. The molecule has 2 aromatic heterocycles. The Hall–Kier alpha value is -1.68. The first-order valence-corrected chi connectivity index (χ1v) is 5.97. The summed E-state index contributed by atoms with van der Waals surface area (Å²) in [7, 11) is 0. The average Bonchev–Trinajstić information content (AvgIpc) is 2.79. The molecule has 0 aromatic carbocycles. The fourth-order valence-electron chi connectivity index (χ4n) is 1.38. The van der Waals surface area contributed by atoms with E-state index in [4.69, 9.17) is 0 Å². The molecule has 0 aliphatic rings. The highest BCUT2D eigenvalue weighted by molar-refractivity contribution is 9.11. The lowest BCUT2D eigenvalue weighted by molar-refractivity contribution is 0.930. The van der Waals surface area contributed by atoms with Gasteiger partial charge in [-0.1, -0.05) is 34.7 Å². The van der Waals surface area contributed by atoms with E-state index in [-0.39, 0.29) is 0 Å². The van der Waals surface area contributed by atoms with E-state index in [9.17, 15) is 0 Å². The Kier molecular flexibility index (Phi) is 3.54. The molecule has 0 saturated heterocycles. The Bertz CT molecular complexity index is 575. The molecule has 2 rings (SSSR count). The maximum absolute atomic E-state index is 4.43. The maximum Gasteiger partial charge on any atom is 0.155 e. The molecule has 2 heterocycles. The standard InChI is InChI=1S/C13H12BrN3/c1-3-11(14)6-5-10(2)12-9-13-15-7-4-8-17(13)16-12/h3-9H,1H2,2H3/b10-5+,11-6+. The summed E-state index contributed by atoms with van der Waals surface area (Å²) < 4.78 is 2.71. The molecule has 0 fully saturated rings. The van der Waals surface area contributed by atoms with Crippen LogP contribution in [0.15, 0.2) is 53.8 Å². The first kappa shape index (κ1) is 11.8. The second-order valence-corrected chi connectivity index (χ2v) is 4.47. The molecule has 86 valence electrons.